The minimum Gasteiger partial charge on any atom is -0.379 e. The summed E-state index contributed by atoms with van der Waals surface area (Å²) in [5.41, 5.74) is 9.34. The largest absolute Gasteiger partial charge is 0.379 e. The molecule has 2 heterocycles. The lowest BCUT2D eigenvalue weighted by molar-refractivity contribution is 0.448. The summed E-state index contributed by atoms with van der Waals surface area (Å²) in [4.78, 5) is 12.7. The van der Waals surface area contributed by atoms with Gasteiger partial charge in [0.15, 0.2) is 5.17 Å². The molecule has 1 aliphatic carbocycles. The van der Waals surface area contributed by atoms with Crippen molar-refractivity contribution in [1.29, 1.82) is 0 Å². The van der Waals surface area contributed by atoms with Crippen LogP contribution in [0, 0.1) is 11.7 Å². The molecule has 2 aromatic rings. The van der Waals surface area contributed by atoms with Crippen LogP contribution in [0.2, 0.25) is 0 Å². The Kier molecular flexibility index (Phi) is 3.77. The molecule has 4 rings (SSSR count). The highest BCUT2D eigenvalue weighted by molar-refractivity contribution is 8.13. The summed E-state index contributed by atoms with van der Waals surface area (Å²) in [7, 11) is 0. The van der Waals surface area contributed by atoms with Crippen LogP contribution in [-0.2, 0) is 6.42 Å². The van der Waals surface area contributed by atoms with Gasteiger partial charge in [0.05, 0.1) is 6.04 Å². The van der Waals surface area contributed by atoms with Gasteiger partial charge in [0.25, 0.3) is 0 Å². The van der Waals surface area contributed by atoms with Crippen molar-refractivity contribution in [2.24, 2.45) is 16.6 Å². The maximum atomic E-state index is 14.6. The molecule has 0 amide bonds. The van der Waals surface area contributed by atoms with E-state index in [1.54, 1.807) is 30.2 Å². The number of halogens is 1. The number of thioether (sulfide) groups is 1. The van der Waals surface area contributed by atoms with E-state index in [4.69, 9.17) is 5.73 Å². The van der Waals surface area contributed by atoms with Gasteiger partial charge in [0.1, 0.15) is 12.1 Å². The van der Waals surface area contributed by atoms with Gasteiger partial charge in [-0.25, -0.2) is 14.4 Å². The van der Waals surface area contributed by atoms with Gasteiger partial charge in [0, 0.05) is 29.3 Å². The summed E-state index contributed by atoms with van der Waals surface area (Å²) in [5, 5.41) is 0.632. The summed E-state index contributed by atoms with van der Waals surface area (Å²) in [6, 6.07) is 3.63. The number of nitrogens with zero attached hydrogens (tertiary/aromatic N) is 3. The second-order valence-corrected chi connectivity index (χ2v) is 7.07. The maximum Gasteiger partial charge on any atom is 0.154 e. The van der Waals surface area contributed by atoms with Crippen LogP contribution in [0.25, 0.3) is 11.1 Å². The third-order valence-corrected chi connectivity index (χ3v) is 5.59. The van der Waals surface area contributed by atoms with E-state index in [2.05, 4.69) is 15.0 Å². The molecule has 6 heteroatoms. The number of aryl methyl sites for hydroxylation is 1. The van der Waals surface area contributed by atoms with Crippen LogP contribution >= 0.6 is 11.8 Å². The third kappa shape index (κ3) is 2.72. The molecule has 0 saturated carbocycles. The number of hydrogen-bond acceptors (Lipinski definition) is 5. The molecule has 2 atom stereocenters. The van der Waals surface area contributed by atoms with Gasteiger partial charge in [-0.1, -0.05) is 11.8 Å². The van der Waals surface area contributed by atoms with E-state index in [0.717, 1.165) is 36.1 Å². The molecule has 2 aliphatic rings. The second kappa shape index (κ2) is 5.92. The minimum atomic E-state index is -0.223. The zero-order valence-electron chi connectivity index (χ0n) is 12.6. The molecule has 2 N–H and O–H groups in total. The smallest absolute Gasteiger partial charge is 0.154 e. The van der Waals surface area contributed by atoms with Crippen LogP contribution < -0.4 is 5.73 Å². The molecular weight excluding hydrogens is 311 g/mol. The lowest BCUT2D eigenvalue weighted by Crippen LogP contribution is -2.24. The van der Waals surface area contributed by atoms with Crippen molar-refractivity contribution >= 4 is 16.9 Å². The Morgan fingerprint density at radius 1 is 1.22 bits per heavy atom. The maximum absolute atomic E-state index is 14.6. The zero-order valence-corrected chi connectivity index (χ0v) is 13.4. The highest BCUT2D eigenvalue weighted by Crippen LogP contribution is 2.42. The number of nitrogens with two attached hydrogens (primary N) is 1. The molecule has 4 nitrogen and oxygen atoms in total. The topological polar surface area (TPSA) is 64.2 Å². The standard InChI is InChI=1S/C17H17FN4S/c18-15-4-10-2-1-3-11-8-23-17(19)22-16(11)14(10)5-13(15)12-6-20-9-21-7-12/h4-7,9,11,16H,1-3,8H2,(H2,19,22)/t11-,16?/m1/s1. The van der Waals surface area contributed by atoms with Crippen molar-refractivity contribution in [2.45, 2.75) is 25.3 Å². The molecule has 1 aromatic heterocycles. The van der Waals surface area contributed by atoms with Gasteiger partial charge >= 0.3 is 0 Å². The van der Waals surface area contributed by atoms with E-state index in [0.29, 0.717) is 22.2 Å². The van der Waals surface area contributed by atoms with Crippen molar-refractivity contribution in [3.63, 3.8) is 0 Å². The van der Waals surface area contributed by atoms with Crippen LogP contribution in [0.5, 0.6) is 0 Å². The number of aliphatic imine (C=N–C) groups is 1. The van der Waals surface area contributed by atoms with Crippen molar-refractivity contribution in [3.8, 4) is 11.1 Å². The molecule has 1 unspecified atom stereocenters. The third-order valence-electron chi connectivity index (χ3n) is 4.60. The summed E-state index contributed by atoms with van der Waals surface area (Å²) in [6.07, 6.45) is 7.79. The fraction of sp³-hybridized carbons (Fsp3) is 0.353. The van der Waals surface area contributed by atoms with Crippen LogP contribution in [-0.4, -0.2) is 20.9 Å². The van der Waals surface area contributed by atoms with Crippen LogP contribution in [0.1, 0.15) is 30.0 Å². The van der Waals surface area contributed by atoms with Crippen molar-refractivity contribution in [2.75, 3.05) is 5.75 Å². The Labute approximate surface area is 138 Å². The van der Waals surface area contributed by atoms with Crippen molar-refractivity contribution in [1.82, 2.24) is 9.97 Å². The highest BCUT2D eigenvalue weighted by Gasteiger charge is 2.31. The average molecular weight is 328 g/mol. The first-order valence-corrected chi connectivity index (χ1v) is 8.74. The van der Waals surface area contributed by atoms with Crippen LogP contribution in [0.3, 0.4) is 0 Å². The van der Waals surface area contributed by atoms with Crippen LogP contribution in [0.4, 0.5) is 4.39 Å². The van der Waals surface area contributed by atoms with E-state index in [-0.39, 0.29) is 11.9 Å². The zero-order chi connectivity index (χ0) is 15.8. The molecule has 1 aliphatic heterocycles. The first kappa shape index (κ1) is 14.6. The van der Waals surface area contributed by atoms with Gasteiger partial charge in [-0.2, -0.15) is 0 Å². The summed E-state index contributed by atoms with van der Waals surface area (Å²) in [5.74, 6) is 1.23. The monoisotopic (exact) mass is 328 g/mol. The van der Waals surface area contributed by atoms with E-state index in [1.807, 2.05) is 6.07 Å². The molecular formula is C17H17FN4S. The number of rotatable bonds is 1. The predicted molar refractivity (Wildman–Crippen MR) is 90.7 cm³/mol. The SMILES string of the molecule is NC1=NC2c3cc(-c4cncnc4)c(F)cc3CCC[C@@H]2CS1. The molecule has 0 fully saturated rings. The van der Waals surface area contributed by atoms with Crippen molar-refractivity contribution < 1.29 is 4.39 Å². The molecule has 0 spiro atoms. The van der Waals surface area contributed by atoms with Gasteiger partial charge in [0.2, 0.25) is 0 Å². The summed E-state index contributed by atoms with van der Waals surface area (Å²) < 4.78 is 14.6. The Hall–Kier alpha value is -1.95. The summed E-state index contributed by atoms with van der Waals surface area (Å²) in [6.45, 7) is 0. The minimum absolute atomic E-state index is 0.0396. The number of amidine groups is 1. The van der Waals surface area contributed by atoms with E-state index < -0.39 is 0 Å². The lowest BCUT2D eigenvalue weighted by Gasteiger charge is -2.27. The summed E-state index contributed by atoms with van der Waals surface area (Å²) >= 11 is 1.63. The Balaban J connectivity index is 1.87. The first-order chi connectivity index (χ1) is 11.2. The predicted octanol–water partition coefficient (Wildman–Crippen LogP) is 3.34. The molecule has 0 saturated heterocycles. The van der Waals surface area contributed by atoms with Gasteiger partial charge < -0.3 is 5.73 Å². The molecule has 1 aromatic carbocycles. The second-order valence-electron chi connectivity index (χ2n) is 6.03. The van der Waals surface area contributed by atoms with Gasteiger partial charge in [-0.3, -0.25) is 4.99 Å². The lowest BCUT2D eigenvalue weighted by atomic mass is 9.90. The van der Waals surface area contributed by atoms with E-state index in [1.165, 1.54) is 6.33 Å². The number of aromatic nitrogens is 2. The highest BCUT2D eigenvalue weighted by atomic mass is 32.2. The quantitative estimate of drug-likeness (QED) is 0.872. The first-order valence-electron chi connectivity index (χ1n) is 7.76. The Morgan fingerprint density at radius 3 is 2.87 bits per heavy atom. The molecule has 0 bridgehead atoms. The van der Waals surface area contributed by atoms with Crippen LogP contribution in [0.15, 0.2) is 35.8 Å². The molecule has 23 heavy (non-hydrogen) atoms. The van der Waals surface area contributed by atoms with Gasteiger partial charge in [-0.15, -0.1) is 0 Å². The number of hydrogen-bond donors (Lipinski definition) is 1. The fourth-order valence-corrected chi connectivity index (χ4v) is 4.39. The normalized spacial score (nSPS) is 23.4. The average Bonchev–Trinajstić information content (AvgIpc) is 2.73. The van der Waals surface area contributed by atoms with E-state index in [9.17, 15) is 4.39 Å². The number of benzene rings is 1. The Bertz CT molecular complexity index is 763. The fourth-order valence-electron chi connectivity index (χ4n) is 3.47. The van der Waals surface area contributed by atoms with Crippen molar-refractivity contribution in [3.05, 3.63) is 47.8 Å². The molecule has 0 radical (unpaired) electrons. The van der Waals surface area contributed by atoms with Gasteiger partial charge in [-0.05, 0) is 48.4 Å². The molecule has 118 valence electrons. The number of fused-ring (bicyclic) bond motifs is 3. The van der Waals surface area contributed by atoms with E-state index >= 15 is 0 Å². The Morgan fingerprint density at radius 2 is 2.04 bits per heavy atom.